The molecule has 1 heterocycles. The number of ether oxygens (including phenoxy) is 1. The number of esters is 1. The Morgan fingerprint density at radius 3 is 2.29 bits per heavy atom. The van der Waals surface area contributed by atoms with Crippen molar-refractivity contribution in [1.82, 2.24) is 4.90 Å². The van der Waals surface area contributed by atoms with E-state index in [1.165, 1.54) is 7.11 Å². The van der Waals surface area contributed by atoms with Crippen molar-refractivity contribution in [3.05, 3.63) is 40.8 Å². The summed E-state index contributed by atoms with van der Waals surface area (Å²) in [7, 11) is 1.42. The van der Waals surface area contributed by atoms with Gasteiger partial charge in [0.15, 0.2) is 5.11 Å². The number of aryl methyl sites for hydroxylation is 1. The van der Waals surface area contributed by atoms with Gasteiger partial charge in [0.1, 0.15) is 10.6 Å². The predicted molar refractivity (Wildman–Crippen MR) is 123 cm³/mol. The van der Waals surface area contributed by atoms with E-state index < -0.39 is 0 Å². The second kappa shape index (κ2) is 11.2. The lowest BCUT2D eigenvalue weighted by Crippen LogP contribution is -2.36. The molecule has 0 amide bonds. The van der Waals surface area contributed by atoms with Crippen molar-refractivity contribution in [2.75, 3.05) is 25.5 Å². The maximum absolute atomic E-state index is 12.6. The van der Waals surface area contributed by atoms with E-state index in [2.05, 4.69) is 24.1 Å². The summed E-state index contributed by atoms with van der Waals surface area (Å²) >= 11 is 7.25. The third kappa shape index (κ3) is 5.55. The van der Waals surface area contributed by atoms with E-state index in [0.29, 0.717) is 10.7 Å². The average Bonchev–Trinajstić information content (AvgIpc) is 3.03. The molecule has 1 N–H and O–H groups in total. The van der Waals surface area contributed by atoms with E-state index in [4.69, 9.17) is 17.0 Å². The van der Waals surface area contributed by atoms with Gasteiger partial charge < -0.3 is 15.0 Å². The van der Waals surface area contributed by atoms with Crippen LogP contribution in [0.2, 0.25) is 0 Å². The van der Waals surface area contributed by atoms with Crippen LogP contribution in [0.15, 0.2) is 30.3 Å². The number of rotatable bonds is 9. The number of hydrogen-bond donors (Lipinski definition) is 1. The van der Waals surface area contributed by atoms with Gasteiger partial charge in [-0.25, -0.2) is 4.79 Å². The summed E-state index contributed by atoms with van der Waals surface area (Å²) < 4.78 is 5.10. The second-order valence-corrected chi connectivity index (χ2v) is 8.33. The summed E-state index contributed by atoms with van der Waals surface area (Å²) in [6.45, 7) is 8.23. The first-order valence-corrected chi connectivity index (χ1v) is 11.1. The van der Waals surface area contributed by atoms with Gasteiger partial charge in [0.25, 0.3) is 0 Å². The Hall–Kier alpha value is -1.92. The number of nitrogens with one attached hydrogen (secondary N) is 1. The molecule has 0 aliphatic rings. The summed E-state index contributed by atoms with van der Waals surface area (Å²) in [5.74, 6) is -0.345. The van der Waals surface area contributed by atoms with Crippen LogP contribution in [0.3, 0.4) is 0 Å². The Bertz CT molecular complexity index is 779. The molecule has 4 nitrogen and oxygen atoms in total. The van der Waals surface area contributed by atoms with Crippen LogP contribution < -0.4 is 5.32 Å². The zero-order valence-corrected chi connectivity index (χ0v) is 18.8. The molecule has 1 aromatic carbocycles. The predicted octanol–water partition coefficient (Wildman–Crippen LogP) is 6.11. The molecule has 0 bridgehead atoms. The molecule has 0 spiro atoms. The van der Waals surface area contributed by atoms with Crippen LogP contribution in [0.4, 0.5) is 5.00 Å². The van der Waals surface area contributed by atoms with Crippen molar-refractivity contribution >= 4 is 39.6 Å². The molecular formula is C22H30N2O2S2. The van der Waals surface area contributed by atoms with E-state index in [1.807, 2.05) is 37.3 Å². The lowest BCUT2D eigenvalue weighted by atomic mass is 10.0. The largest absolute Gasteiger partial charge is 0.465 e. The average molecular weight is 419 g/mol. The number of carbonyl (C=O) groups is 1. The molecule has 152 valence electrons. The van der Waals surface area contributed by atoms with Gasteiger partial charge in [0.2, 0.25) is 0 Å². The molecule has 6 heteroatoms. The summed E-state index contributed by atoms with van der Waals surface area (Å²) in [5.41, 5.74) is 2.48. The normalized spacial score (nSPS) is 10.6. The Balaban J connectivity index is 2.36. The number of carbonyl (C=O) groups excluding carboxylic acids is 1. The van der Waals surface area contributed by atoms with Gasteiger partial charge in [0.05, 0.1) is 7.11 Å². The van der Waals surface area contributed by atoms with Crippen LogP contribution in [0.5, 0.6) is 0 Å². The van der Waals surface area contributed by atoms with Gasteiger partial charge in [0, 0.05) is 23.5 Å². The highest BCUT2D eigenvalue weighted by Gasteiger charge is 2.25. The lowest BCUT2D eigenvalue weighted by molar-refractivity contribution is 0.0603. The smallest absolute Gasteiger partial charge is 0.341 e. The topological polar surface area (TPSA) is 41.6 Å². The van der Waals surface area contributed by atoms with Crippen molar-refractivity contribution < 1.29 is 9.53 Å². The molecule has 2 aromatic rings. The number of nitrogens with zero attached hydrogens (tertiary/aromatic N) is 1. The summed E-state index contributed by atoms with van der Waals surface area (Å²) in [6, 6.07) is 9.94. The van der Waals surface area contributed by atoms with Crippen molar-refractivity contribution in [2.24, 2.45) is 0 Å². The lowest BCUT2D eigenvalue weighted by Gasteiger charge is -2.25. The molecule has 0 aliphatic heterocycles. The van der Waals surface area contributed by atoms with Crippen molar-refractivity contribution in [3.8, 4) is 11.1 Å². The molecule has 2 rings (SSSR count). The molecule has 0 saturated carbocycles. The number of benzene rings is 1. The molecule has 0 aliphatic carbocycles. The Morgan fingerprint density at radius 1 is 1.14 bits per heavy atom. The van der Waals surface area contributed by atoms with E-state index in [-0.39, 0.29) is 5.97 Å². The van der Waals surface area contributed by atoms with E-state index in [0.717, 1.165) is 59.8 Å². The molecular weight excluding hydrogens is 388 g/mol. The van der Waals surface area contributed by atoms with Crippen molar-refractivity contribution in [2.45, 2.75) is 46.5 Å². The molecule has 0 unspecified atom stereocenters. The zero-order valence-electron chi connectivity index (χ0n) is 17.2. The van der Waals surface area contributed by atoms with Gasteiger partial charge in [-0.05, 0) is 37.5 Å². The van der Waals surface area contributed by atoms with E-state index in [9.17, 15) is 4.79 Å². The molecule has 28 heavy (non-hydrogen) atoms. The van der Waals surface area contributed by atoms with Crippen LogP contribution in [0.1, 0.15) is 54.8 Å². The first kappa shape index (κ1) is 22.4. The first-order chi connectivity index (χ1) is 13.5. The van der Waals surface area contributed by atoms with Crippen LogP contribution >= 0.6 is 23.6 Å². The monoisotopic (exact) mass is 418 g/mol. The van der Waals surface area contributed by atoms with Gasteiger partial charge in [-0.2, -0.15) is 0 Å². The number of hydrogen-bond acceptors (Lipinski definition) is 4. The summed E-state index contributed by atoms with van der Waals surface area (Å²) in [5, 5.41) is 4.78. The van der Waals surface area contributed by atoms with Gasteiger partial charge in [-0.1, -0.05) is 57.0 Å². The van der Waals surface area contributed by atoms with Gasteiger partial charge >= 0.3 is 5.97 Å². The molecule has 0 radical (unpaired) electrons. The molecule has 1 aromatic heterocycles. The van der Waals surface area contributed by atoms with Gasteiger partial charge in [-0.3, -0.25) is 0 Å². The summed E-state index contributed by atoms with van der Waals surface area (Å²) in [6.07, 6.45) is 4.42. The highest BCUT2D eigenvalue weighted by atomic mass is 32.1. The molecule has 0 saturated heterocycles. The fourth-order valence-electron chi connectivity index (χ4n) is 3.07. The van der Waals surface area contributed by atoms with E-state index in [1.54, 1.807) is 11.3 Å². The number of anilines is 1. The fourth-order valence-corrected chi connectivity index (χ4v) is 4.48. The minimum atomic E-state index is -0.345. The van der Waals surface area contributed by atoms with Crippen molar-refractivity contribution in [1.29, 1.82) is 0 Å². The Kier molecular flexibility index (Phi) is 8.93. The number of methoxy groups -OCH3 is 1. The van der Waals surface area contributed by atoms with Crippen LogP contribution in [0.25, 0.3) is 11.1 Å². The standard InChI is InChI=1S/C22H30N2O2S2/c1-5-7-14-24(15-8-6-2)22(27)23-20-19(21(25)26-4)18(16(3)28-20)17-12-10-9-11-13-17/h9-13H,5-8,14-15H2,1-4H3,(H,23,27). The minimum Gasteiger partial charge on any atom is -0.465 e. The highest BCUT2D eigenvalue weighted by molar-refractivity contribution is 7.80. The van der Waals surface area contributed by atoms with E-state index >= 15 is 0 Å². The minimum absolute atomic E-state index is 0.345. The number of thiophene rings is 1. The number of unbranched alkanes of at least 4 members (excludes halogenated alkanes) is 2. The maximum atomic E-state index is 12.6. The maximum Gasteiger partial charge on any atom is 0.341 e. The third-order valence-electron chi connectivity index (χ3n) is 4.61. The van der Waals surface area contributed by atoms with Crippen LogP contribution in [-0.2, 0) is 4.74 Å². The molecule has 0 atom stereocenters. The first-order valence-electron chi connectivity index (χ1n) is 9.86. The Morgan fingerprint density at radius 2 is 1.75 bits per heavy atom. The molecule has 0 fully saturated rings. The summed E-state index contributed by atoms with van der Waals surface area (Å²) in [4.78, 5) is 15.9. The second-order valence-electron chi connectivity index (χ2n) is 6.72. The van der Waals surface area contributed by atoms with Crippen molar-refractivity contribution in [3.63, 3.8) is 0 Å². The zero-order chi connectivity index (χ0) is 20.5. The fraction of sp³-hybridized carbons (Fsp3) is 0.455. The third-order valence-corrected chi connectivity index (χ3v) is 5.99. The van der Waals surface area contributed by atoms with Crippen LogP contribution in [-0.4, -0.2) is 36.2 Å². The quantitative estimate of drug-likeness (QED) is 0.393. The Labute approximate surface area is 177 Å². The number of thiocarbonyl (C=S) groups is 1. The highest BCUT2D eigenvalue weighted by Crippen LogP contribution is 2.40. The van der Waals surface area contributed by atoms with Crippen LogP contribution in [0, 0.1) is 6.92 Å². The SMILES string of the molecule is CCCCN(CCCC)C(=S)Nc1sc(C)c(-c2ccccc2)c1C(=O)OC. The van der Waals surface area contributed by atoms with Gasteiger partial charge in [-0.15, -0.1) is 11.3 Å².